The standard InChI is InChI=1S/C23H23N3O4S/c24-15-22(12-13-22)25-21(27)23(10-4-1-5-11-23)26-31(28,29)16-8-9-20-18(14-16)17-6-2-3-7-19(17)30-20/h2-3,6-9,14,26H,1,4-5,10-13H2,(H,25,27). The van der Waals surface area contributed by atoms with Crippen LogP contribution in [0.25, 0.3) is 21.9 Å². The Kier molecular flexibility index (Phi) is 4.57. The zero-order valence-electron chi connectivity index (χ0n) is 17.0. The molecule has 8 heteroatoms. The molecule has 1 heterocycles. The minimum Gasteiger partial charge on any atom is -0.456 e. The number of nitrogens with one attached hydrogen (secondary N) is 2. The molecule has 7 nitrogen and oxygen atoms in total. The quantitative estimate of drug-likeness (QED) is 0.631. The molecule has 0 saturated heterocycles. The van der Waals surface area contributed by atoms with Crippen LogP contribution in [0.15, 0.2) is 51.8 Å². The van der Waals surface area contributed by atoms with Gasteiger partial charge >= 0.3 is 0 Å². The van der Waals surface area contributed by atoms with Crippen molar-refractivity contribution in [3.63, 3.8) is 0 Å². The van der Waals surface area contributed by atoms with Crippen LogP contribution in [0.1, 0.15) is 44.9 Å². The third-order valence-corrected chi connectivity index (χ3v) is 7.98. The van der Waals surface area contributed by atoms with Gasteiger partial charge in [-0.2, -0.15) is 9.98 Å². The number of rotatable bonds is 5. The van der Waals surface area contributed by atoms with Gasteiger partial charge in [0.15, 0.2) is 0 Å². The van der Waals surface area contributed by atoms with Crippen LogP contribution in [0.5, 0.6) is 0 Å². The number of sulfonamides is 1. The number of furan rings is 1. The highest BCUT2D eigenvalue weighted by Gasteiger charge is 2.50. The predicted molar refractivity (Wildman–Crippen MR) is 116 cm³/mol. The van der Waals surface area contributed by atoms with Gasteiger partial charge in [-0.25, -0.2) is 8.42 Å². The largest absolute Gasteiger partial charge is 0.456 e. The first kappa shape index (κ1) is 20.0. The van der Waals surface area contributed by atoms with Crippen LogP contribution in [0.2, 0.25) is 0 Å². The summed E-state index contributed by atoms with van der Waals surface area (Å²) in [7, 11) is -3.98. The van der Waals surface area contributed by atoms with Gasteiger partial charge in [0.2, 0.25) is 15.9 Å². The molecule has 2 aromatic carbocycles. The molecule has 31 heavy (non-hydrogen) atoms. The SMILES string of the molecule is N#CC1(NC(=O)C2(NS(=O)(=O)c3ccc4oc5ccccc5c4c3)CCCCC2)CC1. The van der Waals surface area contributed by atoms with Crippen LogP contribution in [0.3, 0.4) is 0 Å². The zero-order valence-corrected chi connectivity index (χ0v) is 17.8. The molecule has 0 unspecified atom stereocenters. The Morgan fingerprint density at radius 1 is 0.968 bits per heavy atom. The van der Waals surface area contributed by atoms with Gasteiger partial charge in [0.05, 0.1) is 11.0 Å². The molecule has 0 radical (unpaired) electrons. The summed E-state index contributed by atoms with van der Waals surface area (Å²) in [5.74, 6) is -0.398. The summed E-state index contributed by atoms with van der Waals surface area (Å²) in [6.45, 7) is 0. The van der Waals surface area contributed by atoms with Crippen molar-refractivity contribution in [1.82, 2.24) is 10.0 Å². The van der Waals surface area contributed by atoms with E-state index in [1.54, 1.807) is 12.1 Å². The van der Waals surface area contributed by atoms with E-state index in [-0.39, 0.29) is 4.90 Å². The van der Waals surface area contributed by atoms with Gasteiger partial charge in [0, 0.05) is 10.8 Å². The maximum absolute atomic E-state index is 13.4. The number of fused-ring (bicyclic) bond motifs is 3. The first-order valence-corrected chi connectivity index (χ1v) is 12.0. The van der Waals surface area contributed by atoms with E-state index < -0.39 is 27.0 Å². The van der Waals surface area contributed by atoms with E-state index in [9.17, 15) is 18.5 Å². The molecule has 2 fully saturated rings. The summed E-state index contributed by atoms with van der Waals surface area (Å²) >= 11 is 0. The van der Waals surface area contributed by atoms with Crippen molar-refractivity contribution in [2.24, 2.45) is 0 Å². The molecule has 3 aromatic rings. The molecule has 2 aliphatic rings. The first-order valence-electron chi connectivity index (χ1n) is 10.6. The number of amides is 1. The summed E-state index contributed by atoms with van der Waals surface area (Å²) in [5.41, 5.74) is -0.789. The maximum atomic E-state index is 13.4. The van der Waals surface area contributed by atoms with Crippen LogP contribution in [0.4, 0.5) is 0 Å². The van der Waals surface area contributed by atoms with E-state index in [4.69, 9.17) is 4.42 Å². The fourth-order valence-electron chi connectivity index (χ4n) is 4.45. The fraction of sp³-hybridized carbons (Fsp3) is 0.391. The molecule has 2 saturated carbocycles. The molecule has 2 N–H and O–H groups in total. The zero-order chi connectivity index (χ0) is 21.7. The monoisotopic (exact) mass is 437 g/mol. The van der Waals surface area contributed by atoms with Crippen LogP contribution in [0, 0.1) is 11.3 Å². The Morgan fingerprint density at radius 3 is 2.39 bits per heavy atom. The molecular formula is C23H23N3O4S. The van der Waals surface area contributed by atoms with Crippen LogP contribution < -0.4 is 10.0 Å². The van der Waals surface area contributed by atoms with E-state index in [1.165, 1.54) is 6.07 Å². The molecule has 0 atom stereocenters. The van der Waals surface area contributed by atoms with Crippen LogP contribution in [-0.2, 0) is 14.8 Å². The Morgan fingerprint density at radius 2 is 1.68 bits per heavy atom. The molecule has 1 aromatic heterocycles. The second-order valence-electron chi connectivity index (χ2n) is 8.65. The third-order valence-electron chi connectivity index (χ3n) is 6.45. The van der Waals surface area contributed by atoms with Gasteiger partial charge in [-0.1, -0.05) is 37.5 Å². The summed E-state index contributed by atoms with van der Waals surface area (Å²) in [5, 5.41) is 13.7. The molecule has 5 rings (SSSR count). The number of hydrogen-bond donors (Lipinski definition) is 2. The topological polar surface area (TPSA) is 112 Å². The highest BCUT2D eigenvalue weighted by Crippen LogP contribution is 2.37. The van der Waals surface area contributed by atoms with E-state index in [1.807, 2.05) is 24.3 Å². The Hall–Kier alpha value is -2.89. The lowest BCUT2D eigenvalue weighted by Gasteiger charge is -2.36. The van der Waals surface area contributed by atoms with Crippen LogP contribution in [-0.4, -0.2) is 25.4 Å². The Bertz CT molecular complexity index is 1330. The minimum atomic E-state index is -3.98. The minimum absolute atomic E-state index is 0.0886. The lowest BCUT2D eigenvalue weighted by Crippen LogP contribution is -2.61. The third kappa shape index (κ3) is 3.48. The Balaban J connectivity index is 1.50. The van der Waals surface area contributed by atoms with Crippen molar-refractivity contribution in [1.29, 1.82) is 5.26 Å². The van der Waals surface area contributed by atoms with Crippen LogP contribution >= 0.6 is 0 Å². The molecule has 1 amide bonds. The van der Waals surface area contributed by atoms with E-state index in [2.05, 4.69) is 16.1 Å². The average molecular weight is 438 g/mol. The normalized spacial score (nSPS) is 19.7. The highest BCUT2D eigenvalue weighted by atomic mass is 32.2. The summed E-state index contributed by atoms with van der Waals surface area (Å²) < 4.78 is 35.3. The molecule has 0 bridgehead atoms. The number of hydrogen-bond acceptors (Lipinski definition) is 5. The lowest BCUT2D eigenvalue weighted by atomic mass is 9.81. The Labute approximate surface area is 180 Å². The maximum Gasteiger partial charge on any atom is 0.242 e. The van der Waals surface area contributed by atoms with E-state index >= 15 is 0 Å². The molecule has 0 spiro atoms. The average Bonchev–Trinajstić information content (AvgIpc) is 3.45. The molecule has 160 valence electrons. The van der Waals surface area contributed by atoms with Crippen molar-refractivity contribution in [3.05, 3.63) is 42.5 Å². The second-order valence-corrected chi connectivity index (χ2v) is 10.3. The van der Waals surface area contributed by atoms with Gasteiger partial charge in [-0.15, -0.1) is 0 Å². The smallest absolute Gasteiger partial charge is 0.242 e. The van der Waals surface area contributed by atoms with E-state index in [0.29, 0.717) is 42.2 Å². The van der Waals surface area contributed by atoms with Crippen molar-refractivity contribution < 1.29 is 17.6 Å². The second kappa shape index (κ2) is 7.08. The van der Waals surface area contributed by atoms with Crippen molar-refractivity contribution in [2.75, 3.05) is 0 Å². The number of carbonyl (C=O) groups excluding carboxylic acids is 1. The van der Waals surface area contributed by atoms with E-state index in [0.717, 1.165) is 24.6 Å². The first-order chi connectivity index (χ1) is 14.9. The molecule has 2 aliphatic carbocycles. The van der Waals surface area contributed by atoms with Crippen molar-refractivity contribution in [3.8, 4) is 6.07 Å². The predicted octanol–water partition coefficient (Wildman–Crippen LogP) is 3.74. The number of nitriles is 1. The fourth-order valence-corrected chi connectivity index (χ4v) is 5.90. The van der Waals surface area contributed by atoms with Crippen molar-refractivity contribution >= 4 is 37.9 Å². The van der Waals surface area contributed by atoms with Gasteiger partial charge in [-0.3, -0.25) is 4.79 Å². The summed E-state index contributed by atoms with van der Waals surface area (Å²) in [6, 6.07) is 14.4. The molecular weight excluding hydrogens is 414 g/mol. The van der Waals surface area contributed by atoms with Gasteiger partial charge in [0.25, 0.3) is 0 Å². The molecule has 0 aliphatic heterocycles. The lowest BCUT2D eigenvalue weighted by molar-refractivity contribution is -0.128. The summed E-state index contributed by atoms with van der Waals surface area (Å²) in [6.07, 6.45) is 4.48. The van der Waals surface area contributed by atoms with Gasteiger partial charge in [-0.05, 0) is 49.9 Å². The van der Waals surface area contributed by atoms with Crippen molar-refractivity contribution in [2.45, 2.75) is 60.9 Å². The number of carbonyl (C=O) groups is 1. The number of benzene rings is 2. The number of para-hydroxylation sites is 1. The van der Waals surface area contributed by atoms with Gasteiger partial charge in [0.1, 0.15) is 22.2 Å². The summed E-state index contributed by atoms with van der Waals surface area (Å²) in [4.78, 5) is 13.3. The highest BCUT2D eigenvalue weighted by molar-refractivity contribution is 7.89. The van der Waals surface area contributed by atoms with Gasteiger partial charge < -0.3 is 9.73 Å². The number of nitrogens with zero attached hydrogens (tertiary/aromatic N) is 1.